The molecule has 1 aromatic carbocycles. The van der Waals surface area contributed by atoms with Crippen LogP contribution in [0.3, 0.4) is 0 Å². The van der Waals surface area contributed by atoms with Crippen molar-refractivity contribution in [2.24, 2.45) is 0 Å². The lowest BCUT2D eigenvalue weighted by molar-refractivity contribution is -0.128. The molecule has 0 radical (unpaired) electrons. The van der Waals surface area contributed by atoms with E-state index in [1.807, 2.05) is 25.3 Å². The van der Waals surface area contributed by atoms with Crippen LogP contribution >= 0.6 is 11.8 Å². The van der Waals surface area contributed by atoms with Crippen LogP contribution in [0, 0.1) is 6.92 Å². The lowest BCUT2D eigenvalue weighted by atomic mass is 10.3. The Bertz CT molecular complexity index is 924. The predicted molar refractivity (Wildman–Crippen MR) is 102 cm³/mol. The van der Waals surface area contributed by atoms with E-state index in [1.54, 1.807) is 36.4 Å². The third kappa shape index (κ3) is 4.97. The third-order valence-corrected chi connectivity index (χ3v) is 3.82. The number of esters is 1. The molecule has 0 fully saturated rings. The van der Waals surface area contributed by atoms with Gasteiger partial charge in [0, 0.05) is 29.6 Å². The molecule has 26 heavy (non-hydrogen) atoms. The lowest BCUT2D eigenvalue weighted by Crippen LogP contribution is -2.04. The number of aryl methyl sites for hydroxylation is 1. The Hall–Kier alpha value is -3.06. The SMILES string of the molecule is CSc1nc(C)cc(Nc2cccc(OC(=O)/C=C/c3ccco3)c2)n1. The average molecular weight is 367 g/mol. The molecule has 3 aromatic rings. The number of aromatic nitrogens is 2. The van der Waals surface area contributed by atoms with Crippen molar-refractivity contribution in [2.45, 2.75) is 12.1 Å². The molecule has 1 N–H and O–H groups in total. The summed E-state index contributed by atoms with van der Waals surface area (Å²) in [4.78, 5) is 20.6. The molecule has 0 unspecified atom stereocenters. The second-order valence-corrected chi connectivity index (χ2v) is 6.08. The van der Waals surface area contributed by atoms with E-state index >= 15 is 0 Å². The second kappa shape index (κ2) is 8.35. The molecule has 0 atom stereocenters. The van der Waals surface area contributed by atoms with Crippen molar-refractivity contribution >= 4 is 35.3 Å². The quantitative estimate of drug-likeness (QED) is 0.226. The molecule has 0 spiro atoms. The fraction of sp³-hybridized carbons (Fsp3) is 0.105. The van der Waals surface area contributed by atoms with Crippen molar-refractivity contribution in [3.05, 3.63) is 66.3 Å². The van der Waals surface area contributed by atoms with Gasteiger partial charge in [-0.25, -0.2) is 14.8 Å². The minimum absolute atomic E-state index is 0.431. The van der Waals surface area contributed by atoms with Gasteiger partial charge in [-0.3, -0.25) is 0 Å². The first kappa shape index (κ1) is 17.8. The number of furan rings is 1. The molecule has 7 heteroatoms. The molecular formula is C19H17N3O3S. The zero-order valence-electron chi connectivity index (χ0n) is 14.3. The number of ether oxygens (including phenoxy) is 1. The fourth-order valence-electron chi connectivity index (χ4n) is 2.17. The van der Waals surface area contributed by atoms with Crippen molar-refractivity contribution in [3.8, 4) is 5.75 Å². The van der Waals surface area contributed by atoms with Gasteiger partial charge in [-0.05, 0) is 43.5 Å². The van der Waals surface area contributed by atoms with Crippen molar-refractivity contribution in [2.75, 3.05) is 11.6 Å². The van der Waals surface area contributed by atoms with Crippen LogP contribution < -0.4 is 10.1 Å². The van der Waals surface area contributed by atoms with Crippen LogP contribution in [0.25, 0.3) is 6.08 Å². The zero-order valence-corrected chi connectivity index (χ0v) is 15.1. The molecule has 2 heterocycles. The van der Waals surface area contributed by atoms with E-state index in [-0.39, 0.29) is 0 Å². The van der Waals surface area contributed by atoms with Gasteiger partial charge >= 0.3 is 5.97 Å². The summed E-state index contributed by atoms with van der Waals surface area (Å²) in [6.07, 6.45) is 6.34. The number of hydrogen-bond acceptors (Lipinski definition) is 7. The highest BCUT2D eigenvalue weighted by molar-refractivity contribution is 7.98. The Morgan fingerprint density at radius 3 is 2.88 bits per heavy atom. The van der Waals surface area contributed by atoms with E-state index in [0.717, 1.165) is 11.4 Å². The van der Waals surface area contributed by atoms with Gasteiger partial charge in [0.1, 0.15) is 17.3 Å². The average Bonchev–Trinajstić information content (AvgIpc) is 3.13. The maximum absolute atomic E-state index is 11.9. The lowest BCUT2D eigenvalue weighted by Gasteiger charge is -2.09. The third-order valence-electron chi connectivity index (χ3n) is 3.27. The van der Waals surface area contributed by atoms with Crippen molar-refractivity contribution in [1.29, 1.82) is 0 Å². The van der Waals surface area contributed by atoms with Crippen LogP contribution in [-0.2, 0) is 4.79 Å². The van der Waals surface area contributed by atoms with Gasteiger partial charge in [0.2, 0.25) is 0 Å². The number of nitrogens with one attached hydrogen (secondary N) is 1. The highest BCUT2D eigenvalue weighted by Crippen LogP contribution is 2.22. The maximum Gasteiger partial charge on any atom is 0.336 e. The number of benzene rings is 1. The number of carbonyl (C=O) groups excluding carboxylic acids is 1. The van der Waals surface area contributed by atoms with Crippen LogP contribution in [0.5, 0.6) is 5.75 Å². The number of thioether (sulfide) groups is 1. The van der Waals surface area contributed by atoms with E-state index < -0.39 is 5.97 Å². The molecule has 0 amide bonds. The first-order valence-corrected chi connectivity index (χ1v) is 9.05. The summed E-state index contributed by atoms with van der Waals surface area (Å²) < 4.78 is 10.4. The second-order valence-electron chi connectivity index (χ2n) is 5.30. The Morgan fingerprint density at radius 1 is 1.23 bits per heavy atom. The summed E-state index contributed by atoms with van der Waals surface area (Å²) in [7, 11) is 0. The van der Waals surface area contributed by atoms with Crippen molar-refractivity contribution < 1.29 is 13.9 Å². The van der Waals surface area contributed by atoms with Crippen LogP contribution in [0.4, 0.5) is 11.5 Å². The smallest absolute Gasteiger partial charge is 0.336 e. The highest BCUT2D eigenvalue weighted by Gasteiger charge is 2.05. The molecule has 0 aliphatic carbocycles. The molecule has 0 aliphatic rings. The predicted octanol–water partition coefficient (Wildman–Crippen LogP) is 4.46. The molecule has 0 saturated heterocycles. The zero-order chi connectivity index (χ0) is 18.4. The summed E-state index contributed by atoms with van der Waals surface area (Å²) in [6.45, 7) is 1.91. The van der Waals surface area contributed by atoms with Crippen LogP contribution in [0.2, 0.25) is 0 Å². The van der Waals surface area contributed by atoms with Gasteiger partial charge in [-0.1, -0.05) is 17.8 Å². The number of rotatable bonds is 6. The van der Waals surface area contributed by atoms with E-state index in [4.69, 9.17) is 9.15 Å². The molecule has 2 aromatic heterocycles. The van der Waals surface area contributed by atoms with Crippen molar-refractivity contribution in [1.82, 2.24) is 9.97 Å². The topological polar surface area (TPSA) is 77.3 Å². The van der Waals surface area contributed by atoms with E-state index in [2.05, 4.69) is 15.3 Å². The summed E-state index contributed by atoms with van der Waals surface area (Å²) >= 11 is 1.48. The number of hydrogen-bond donors (Lipinski definition) is 1. The summed E-state index contributed by atoms with van der Waals surface area (Å²) in [5, 5.41) is 3.89. The Morgan fingerprint density at radius 2 is 2.12 bits per heavy atom. The molecule has 3 rings (SSSR count). The molecule has 0 saturated carbocycles. The van der Waals surface area contributed by atoms with Crippen LogP contribution in [0.15, 0.2) is 64.4 Å². The molecule has 0 bridgehead atoms. The van der Waals surface area contributed by atoms with Crippen LogP contribution in [0.1, 0.15) is 11.5 Å². The summed E-state index contributed by atoms with van der Waals surface area (Å²) in [5.41, 5.74) is 1.63. The van der Waals surface area contributed by atoms with E-state index in [0.29, 0.717) is 22.5 Å². The monoisotopic (exact) mass is 367 g/mol. The van der Waals surface area contributed by atoms with Gasteiger partial charge in [0.05, 0.1) is 6.26 Å². The summed E-state index contributed by atoms with van der Waals surface area (Å²) in [5.74, 6) is 1.21. The van der Waals surface area contributed by atoms with Crippen LogP contribution in [-0.4, -0.2) is 22.2 Å². The van der Waals surface area contributed by atoms with E-state index in [9.17, 15) is 4.79 Å². The Balaban J connectivity index is 1.68. The maximum atomic E-state index is 11.9. The number of anilines is 2. The first-order chi connectivity index (χ1) is 12.6. The van der Waals surface area contributed by atoms with Gasteiger partial charge in [0.25, 0.3) is 0 Å². The number of nitrogens with zero attached hydrogens (tertiary/aromatic N) is 2. The van der Waals surface area contributed by atoms with Crippen molar-refractivity contribution in [3.63, 3.8) is 0 Å². The molecular weight excluding hydrogens is 350 g/mol. The van der Waals surface area contributed by atoms with Gasteiger partial charge < -0.3 is 14.5 Å². The van der Waals surface area contributed by atoms with Gasteiger partial charge in [-0.2, -0.15) is 0 Å². The standard InChI is InChI=1S/C19H17N3O3S/c1-13-11-17(22-19(20-13)26-2)21-14-5-3-6-16(12-14)25-18(23)9-8-15-7-4-10-24-15/h3-12H,1-2H3,(H,20,21,22)/b9-8+. The highest BCUT2D eigenvalue weighted by atomic mass is 32.2. The molecule has 132 valence electrons. The normalized spacial score (nSPS) is 10.8. The summed E-state index contributed by atoms with van der Waals surface area (Å²) in [6, 6.07) is 12.5. The minimum atomic E-state index is -0.485. The molecule has 6 nitrogen and oxygen atoms in total. The molecule has 0 aliphatic heterocycles. The Labute approximate surface area is 155 Å². The minimum Gasteiger partial charge on any atom is -0.465 e. The van der Waals surface area contributed by atoms with E-state index in [1.165, 1.54) is 24.1 Å². The number of carbonyl (C=O) groups is 1. The Kier molecular flexibility index (Phi) is 5.70. The fourth-order valence-corrected chi connectivity index (χ4v) is 2.59. The van der Waals surface area contributed by atoms with Gasteiger partial charge in [0.15, 0.2) is 5.16 Å². The first-order valence-electron chi connectivity index (χ1n) is 7.82. The van der Waals surface area contributed by atoms with Gasteiger partial charge in [-0.15, -0.1) is 0 Å². The largest absolute Gasteiger partial charge is 0.465 e.